The molecule has 130 valence electrons. The van der Waals surface area contributed by atoms with E-state index in [4.69, 9.17) is 0 Å². The van der Waals surface area contributed by atoms with Gasteiger partial charge in [0.05, 0.1) is 16.3 Å². The van der Waals surface area contributed by atoms with E-state index in [9.17, 15) is 10.1 Å². The fourth-order valence-corrected chi connectivity index (χ4v) is 2.90. The summed E-state index contributed by atoms with van der Waals surface area (Å²) in [6.07, 6.45) is 0.793. The normalized spacial score (nSPS) is 16.4. The number of nitro benzene ring substituents is 1. The molecule has 0 radical (unpaired) electrons. The van der Waals surface area contributed by atoms with Crippen molar-refractivity contribution in [2.45, 2.75) is 19.4 Å². The van der Waals surface area contributed by atoms with Crippen molar-refractivity contribution >= 4 is 22.8 Å². The van der Waals surface area contributed by atoms with E-state index in [2.05, 4.69) is 17.6 Å². The van der Waals surface area contributed by atoms with Gasteiger partial charge in [-0.15, -0.1) is 0 Å². The second kappa shape index (κ2) is 6.80. The molecule has 1 aliphatic rings. The van der Waals surface area contributed by atoms with E-state index in [1.807, 2.05) is 48.3 Å². The molecule has 0 amide bonds. The number of nitrogens with one attached hydrogen (secondary N) is 1. The van der Waals surface area contributed by atoms with Gasteiger partial charge >= 0.3 is 0 Å². The Morgan fingerprint density at radius 2 is 1.80 bits per heavy atom. The molecule has 2 aromatic rings. The summed E-state index contributed by atoms with van der Waals surface area (Å²) in [5.41, 5.74) is 7.23. The summed E-state index contributed by atoms with van der Waals surface area (Å²) >= 11 is 0. The van der Waals surface area contributed by atoms with Gasteiger partial charge in [-0.3, -0.25) is 15.1 Å². The second-order valence-corrected chi connectivity index (χ2v) is 6.09. The maximum absolute atomic E-state index is 10.9. The highest BCUT2D eigenvalue weighted by molar-refractivity contribution is 5.94. The highest BCUT2D eigenvalue weighted by Gasteiger charge is 2.30. The Bertz CT molecular complexity index is 784. The fourth-order valence-electron chi connectivity index (χ4n) is 2.90. The van der Waals surface area contributed by atoms with Gasteiger partial charge in [-0.25, -0.2) is 5.53 Å². The maximum Gasteiger partial charge on any atom is 0.269 e. The molecule has 3 rings (SSSR count). The highest BCUT2D eigenvalue weighted by atomic mass is 16.6. The zero-order valence-corrected chi connectivity index (χ0v) is 14.5. The number of hydrogen-bond acceptors (Lipinski definition) is 6. The first-order valence-corrected chi connectivity index (χ1v) is 8.14. The monoisotopic (exact) mass is 339 g/mol. The van der Waals surface area contributed by atoms with Crippen molar-refractivity contribution < 1.29 is 4.92 Å². The predicted molar refractivity (Wildman–Crippen MR) is 99.9 cm³/mol. The number of benzene rings is 2. The number of hydrazone groups is 1. The van der Waals surface area contributed by atoms with Gasteiger partial charge < -0.3 is 4.90 Å². The molecule has 0 fully saturated rings. The molecule has 1 unspecified atom stereocenters. The molecule has 1 heterocycles. The molecule has 1 atom stereocenters. The molecule has 1 N–H and O–H groups in total. The summed E-state index contributed by atoms with van der Waals surface area (Å²) in [6, 6.07) is 14.7. The summed E-state index contributed by atoms with van der Waals surface area (Å²) in [4.78, 5) is 12.5. The largest absolute Gasteiger partial charge is 0.378 e. The van der Waals surface area contributed by atoms with Crippen molar-refractivity contribution in [3.63, 3.8) is 0 Å². The molecule has 0 aromatic heterocycles. The second-order valence-electron chi connectivity index (χ2n) is 6.09. The number of nitro groups is 1. The average molecular weight is 339 g/mol. The summed E-state index contributed by atoms with van der Waals surface area (Å²) < 4.78 is 0. The van der Waals surface area contributed by atoms with E-state index in [0.717, 1.165) is 29.1 Å². The molecule has 25 heavy (non-hydrogen) atoms. The quantitative estimate of drug-likeness (QED) is 0.667. The molecule has 0 saturated heterocycles. The number of nitrogens with zero attached hydrogens (tertiary/aromatic N) is 4. The summed E-state index contributed by atoms with van der Waals surface area (Å²) in [6.45, 7) is 2.05. The van der Waals surface area contributed by atoms with Crippen LogP contribution in [0.25, 0.3) is 0 Å². The molecule has 7 nitrogen and oxygen atoms in total. The third kappa shape index (κ3) is 3.26. The molecule has 2 aromatic carbocycles. The molecule has 1 aliphatic heterocycles. The van der Waals surface area contributed by atoms with Crippen LogP contribution in [0.1, 0.15) is 24.9 Å². The first-order chi connectivity index (χ1) is 12.0. The van der Waals surface area contributed by atoms with E-state index >= 15 is 0 Å². The Morgan fingerprint density at radius 1 is 1.16 bits per heavy atom. The number of hydrazine groups is 1. The minimum absolute atomic E-state index is 0.0870. The van der Waals surface area contributed by atoms with Gasteiger partial charge in [0, 0.05) is 31.9 Å². The van der Waals surface area contributed by atoms with Crippen LogP contribution in [0.4, 0.5) is 17.1 Å². The fraction of sp³-hybridized carbons (Fsp3) is 0.278. The van der Waals surface area contributed by atoms with Crippen molar-refractivity contribution in [2.75, 3.05) is 24.0 Å². The summed E-state index contributed by atoms with van der Waals surface area (Å²) in [5, 5.41) is 17.3. The van der Waals surface area contributed by atoms with Gasteiger partial charge in [0.15, 0.2) is 0 Å². The van der Waals surface area contributed by atoms with Crippen LogP contribution in [0, 0.1) is 10.1 Å². The van der Waals surface area contributed by atoms with E-state index < -0.39 is 0 Å². The summed E-state index contributed by atoms with van der Waals surface area (Å²) in [5.74, 6) is 0. The lowest BCUT2D eigenvalue weighted by molar-refractivity contribution is -0.384. The van der Waals surface area contributed by atoms with Crippen LogP contribution in [0.5, 0.6) is 0 Å². The van der Waals surface area contributed by atoms with Gasteiger partial charge in [-0.05, 0) is 48.4 Å². The number of rotatable bonds is 5. The van der Waals surface area contributed by atoms with Crippen LogP contribution >= 0.6 is 0 Å². The van der Waals surface area contributed by atoms with Gasteiger partial charge in [0.1, 0.15) is 6.04 Å². The average Bonchev–Trinajstić information content (AvgIpc) is 3.05. The van der Waals surface area contributed by atoms with Crippen molar-refractivity contribution in [2.24, 2.45) is 5.10 Å². The molecular weight excluding hydrogens is 318 g/mol. The van der Waals surface area contributed by atoms with Crippen molar-refractivity contribution in [3.05, 3.63) is 64.2 Å². The van der Waals surface area contributed by atoms with Crippen molar-refractivity contribution in [3.8, 4) is 0 Å². The Balaban J connectivity index is 1.92. The summed E-state index contributed by atoms with van der Waals surface area (Å²) in [7, 11) is 4.00. The molecule has 0 bridgehead atoms. The lowest BCUT2D eigenvalue weighted by Crippen LogP contribution is -2.34. The van der Waals surface area contributed by atoms with Crippen LogP contribution in [0.15, 0.2) is 53.6 Å². The molecule has 7 heteroatoms. The van der Waals surface area contributed by atoms with Gasteiger partial charge in [0.25, 0.3) is 5.69 Å². The van der Waals surface area contributed by atoms with Crippen LogP contribution in [0.3, 0.4) is 0 Å². The molecule has 0 aliphatic carbocycles. The van der Waals surface area contributed by atoms with Crippen LogP contribution in [-0.2, 0) is 0 Å². The smallest absolute Gasteiger partial charge is 0.269 e. The standard InChI is InChI=1S/C18H21N5O2/c1-4-17-18(13-5-7-16(8-6-13)23(24)25)22(20-19-17)15-11-9-14(10-12-15)21(2)3/h5-12,18,20H,4H2,1-3H3. The predicted octanol–water partition coefficient (Wildman–Crippen LogP) is 3.49. The topological polar surface area (TPSA) is 74.0 Å². The van der Waals surface area contributed by atoms with Crippen LogP contribution in [-0.4, -0.2) is 24.7 Å². The lowest BCUT2D eigenvalue weighted by Gasteiger charge is -2.27. The SMILES string of the molecule is CCC1=NNN(c2ccc(N(C)C)cc2)C1c1ccc([N+](=O)[O-])cc1. The van der Waals surface area contributed by atoms with E-state index in [-0.39, 0.29) is 16.7 Å². The lowest BCUT2D eigenvalue weighted by atomic mass is 9.99. The van der Waals surface area contributed by atoms with Gasteiger partial charge in [-0.2, -0.15) is 5.10 Å². The Hall–Kier alpha value is -3.09. The van der Waals surface area contributed by atoms with Gasteiger partial charge in [-0.1, -0.05) is 6.92 Å². The van der Waals surface area contributed by atoms with E-state index in [0.29, 0.717) is 0 Å². The zero-order valence-electron chi connectivity index (χ0n) is 14.5. The highest BCUT2D eigenvalue weighted by Crippen LogP contribution is 2.32. The van der Waals surface area contributed by atoms with Gasteiger partial charge in [0.2, 0.25) is 0 Å². The minimum Gasteiger partial charge on any atom is -0.378 e. The van der Waals surface area contributed by atoms with Crippen LogP contribution in [0.2, 0.25) is 0 Å². The zero-order chi connectivity index (χ0) is 18.0. The Labute approximate surface area is 146 Å². The first-order valence-electron chi connectivity index (χ1n) is 8.14. The third-order valence-corrected chi connectivity index (χ3v) is 4.30. The molecular formula is C18H21N5O2. The number of non-ortho nitro benzene ring substituents is 1. The van der Waals surface area contributed by atoms with E-state index in [1.54, 1.807) is 12.1 Å². The first kappa shape index (κ1) is 16.8. The van der Waals surface area contributed by atoms with E-state index in [1.165, 1.54) is 12.1 Å². The molecule has 0 saturated carbocycles. The number of hydrogen-bond donors (Lipinski definition) is 1. The Kier molecular flexibility index (Phi) is 4.56. The van der Waals surface area contributed by atoms with Crippen molar-refractivity contribution in [1.82, 2.24) is 5.53 Å². The maximum atomic E-state index is 10.9. The third-order valence-electron chi connectivity index (χ3n) is 4.30. The minimum atomic E-state index is -0.386. The Morgan fingerprint density at radius 3 is 2.32 bits per heavy atom. The number of anilines is 2. The molecule has 0 spiro atoms. The van der Waals surface area contributed by atoms with Crippen LogP contribution < -0.4 is 15.4 Å². The van der Waals surface area contributed by atoms with Crippen molar-refractivity contribution in [1.29, 1.82) is 0 Å².